The summed E-state index contributed by atoms with van der Waals surface area (Å²) in [6, 6.07) is 0. The number of halogens is 1. The first kappa shape index (κ1) is 11.5. The highest BCUT2D eigenvalue weighted by molar-refractivity contribution is 14.1. The largest absolute Gasteiger partial charge is 0.330 e. The summed E-state index contributed by atoms with van der Waals surface area (Å²) in [5, 5.41) is 1.98. The predicted octanol–water partition coefficient (Wildman–Crippen LogP) is 2.37. The molecule has 1 rings (SSSR count). The molecular formula is C10H10INOS. The molecule has 74 valence electrons. The van der Waals surface area contributed by atoms with Crippen LogP contribution in [0.15, 0.2) is 5.38 Å². The van der Waals surface area contributed by atoms with Crippen molar-refractivity contribution < 1.29 is 4.79 Å². The van der Waals surface area contributed by atoms with Gasteiger partial charge in [-0.3, -0.25) is 4.79 Å². The Labute approximate surface area is 101 Å². The molecule has 1 aromatic heterocycles. The lowest BCUT2D eigenvalue weighted by Crippen LogP contribution is -2.26. The van der Waals surface area contributed by atoms with E-state index in [1.54, 1.807) is 11.9 Å². The summed E-state index contributed by atoms with van der Waals surface area (Å²) in [5.74, 6) is 2.46. The Morgan fingerprint density at radius 3 is 2.86 bits per heavy atom. The highest BCUT2D eigenvalue weighted by Gasteiger charge is 2.17. The molecule has 14 heavy (non-hydrogen) atoms. The van der Waals surface area contributed by atoms with E-state index in [1.807, 2.05) is 12.3 Å². The molecule has 2 nitrogen and oxygen atoms in total. The fourth-order valence-electron chi connectivity index (χ4n) is 0.956. The Morgan fingerprint density at radius 1 is 1.79 bits per heavy atom. The van der Waals surface area contributed by atoms with Gasteiger partial charge in [0.25, 0.3) is 5.91 Å². The Balaban J connectivity index is 2.91. The van der Waals surface area contributed by atoms with Gasteiger partial charge in [-0.1, -0.05) is 5.92 Å². The zero-order valence-corrected chi connectivity index (χ0v) is 11.0. The van der Waals surface area contributed by atoms with Crippen molar-refractivity contribution in [1.82, 2.24) is 4.90 Å². The molecule has 0 aromatic carbocycles. The standard InChI is InChI=1S/C10H10INOS/c1-4-5-12(3)10(13)9-8(11)7(2)6-14-9/h1,6H,5H2,2-3H3. The molecule has 0 bridgehead atoms. The fraction of sp³-hybridized carbons (Fsp3) is 0.300. The fourth-order valence-corrected chi connectivity index (χ4v) is 2.87. The molecule has 0 atom stereocenters. The number of carbonyl (C=O) groups is 1. The Morgan fingerprint density at radius 2 is 2.43 bits per heavy atom. The van der Waals surface area contributed by atoms with Crippen LogP contribution >= 0.6 is 33.9 Å². The monoisotopic (exact) mass is 319 g/mol. The summed E-state index contributed by atoms with van der Waals surface area (Å²) < 4.78 is 1.03. The van der Waals surface area contributed by atoms with Crippen LogP contribution in [-0.4, -0.2) is 24.4 Å². The minimum absolute atomic E-state index is 0.00505. The number of nitrogens with zero attached hydrogens (tertiary/aromatic N) is 1. The second-order valence-corrected chi connectivity index (χ2v) is 4.89. The van der Waals surface area contributed by atoms with Crippen molar-refractivity contribution in [3.05, 3.63) is 19.4 Å². The summed E-state index contributed by atoms with van der Waals surface area (Å²) in [7, 11) is 1.72. The van der Waals surface area contributed by atoms with Crippen LogP contribution in [-0.2, 0) is 0 Å². The van der Waals surface area contributed by atoms with Gasteiger partial charge in [0.2, 0.25) is 0 Å². The zero-order chi connectivity index (χ0) is 10.7. The van der Waals surface area contributed by atoms with Crippen molar-refractivity contribution in [3.8, 4) is 12.3 Å². The maximum absolute atomic E-state index is 11.8. The first-order valence-electron chi connectivity index (χ1n) is 4.00. The lowest BCUT2D eigenvalue weighted by Gasteiger charge is -2.12. The Kier molecular flexibility index (Phi) is 3.96. The number of thiophene rings is 1. The van der Waals surface area contributed by atoms with E-state index in [2.05, 4.69) is 28.5 Å². The minimum atomic E-state index is 0.00505. The van der Waals surface area contributed by atoms with Gasteiger partial charge >= 0.3 is 0 Å². The van der Waals surface area contributed by atoms with Crippen molar-refractivity contribution in [1.29, 1.82) is 0 Å². The molecule has 0 radical (unpaired) electrons. The third-order valence-electron chi connectivity index (χ3n) is 1.77. The highest BCUT2D eigenvalue weighted by Crippen LogP contribution is 2.24. The second kappa shape index (κ2) is 4.80. The van der Waals surface area contributed by atoms with Crippen LogP contribution < -0.4 is 0 Å². The van der Waals surface area contributed by atoms with E-state index in [0.717, 1.165) is 14.0 Å². The van der Waals surface area contributed by atoms with E-state index >= 15 is 0 Å². The van der Waals surface area contributed by atoms with Gasteiger partial charge in [0, 0.05) is 10.6 Å². The minimum Gasteiger partial charge on any atom is -0.330 e. The van der Waals surface area contributed by atoms with Crippen molar-refractivity contribution in [2.45, 2.75) is 6.92 Å². The molecule has 0 aliphatic heterocycles. The van der Waals surface area contributed by atoms with Crippen LogP contribution in [0.1, 0.15) is 15.2 Å². The molecule has 0 unspecified atom stereocenters. The van der Waals surface area contributed by atoms with Crippen LogP contribution in [0.5, 0.6) is 0 Å². The Bertz CT molecular complexity index is 391. The van der Waals surface area contributed by atoms with Gasteiger partial charge in [-0.15, -0.1) is 17.8 Å². The second-order valence-electron chi connectivity index (χ2n) is 2.93. The number of hydrogen-bond acceptors (Lipinski definition) is 2. The summed E-state index contributed by atoms with van der Waals surface area (Å²) in [6.07, 6.45) is 5.15. The summed E-state index contributed by atoms with van der Waals surface area (Å²) in [5.41, 5.74) is 1.15. The average molecular weight is 319 g/mol. The molecule has 0 fully saturated rings. The number of terminal acetylenes is 1. The van der Waals surface area contributed by atoms with Gasteiger partial charge in [-0.2, -0.15) is 0 Å². The molecule has 0 saturated heterocycles. The number of carbonyl (C=O) groups excluding carboxylic acids is 1. The molecule has 1 aromatic rings. The van der Waals surface area contributed by atoms with E-state index in [4.69, 9.17) is 6.42 Å². The molecule has 0 spiro atoms. The van der Waals surface area contributed by atoms with Crippen LogP contribution in [0.25, 0.3) is 0 Å². The number of rotatable bonds is 2. The van der Waals surface area contributed by atoms with Crippen molar-refractivity contribution in [2.75, 3.05) is 13.6 Å². The SMILES string of the molecule is C#CCN(C)C(=O)c1scc(C)c1I. The van der Waals surface area contributed by atoms with Crippen LogP contribution in [0, 0.1) is 22.8 Å². The van der Waals surface area contributed by atoms with E-state index < -0.39 is 0 Å². The van der Waals surface area contributed by atoms with Gasteiger partial charge in [0.1, 0.15) is 4.88 Å². The average Bonchev–Trinajstić information content (AvgIpc) is 2.47. The molecule has 0 N–H and O–H groups in total. The molecule has 0 aliphatic carbocycles. The highest BCUT2D eigenvalue weighted by atomic mass is 127. The first-order valence-corrected chi connectivity index (χ1v) is 5.96. The van der Waals surface area contributed by atoms with Crippen LogP contribution in [0.4, 0.5) is 0 Å². The first-order chi connectivity index (χ1) is 6.57. The lowest BCUT2D eigenvalue weighted by atomic mass is 10.3. The molecule has 0 aliphatic rings. The zero-order valence-electron chi connectivity index (χ0n) is 8.00. The van der Waals surface area contributed by atoms with E-state index in [0.29, 0.717) is 6.54 Å². The maximum atomic E-state index is 11.8. The molecular weight excluding hydrogens is 309 g/mol. The van der Waals surface area contributed by atoms with Crippen LogP contribution in [0.3, 0.4) is 0 Å². The smallest absolute Gasteiger partial charge is 0.265 e. The van der Waals surface area contributed by atoms with Gasteiger partial charge in [0.15, 0.2) is 0 Å². The predicted molar refractivity (Wildman–Crippen MR) is 67.6 cm³/mol. The van der Waals surface area contributed by atoms with E-state index in [-0.39, 0.29) is 5.91 Å². The molecule has 4 heteroatoms. The van der Waals surface area contributed by atoms with Crippen molar-refractivity contribution >= 4 is 39.8 Å². The van der Waals surface area contributed by atoms with Gasteiger partial charge < -0.3 is 4.90 Å². The van der Waals surface area contributed by atoms with Crippen molar-refractivity contribution in [2.24, 2.45) is 0 Å². The van der Waals surface area contributed by atoms with Gasteiger partial charge in [-0.05, 0) is 40.5 Å². The molecule has 0 saturated carbocycles. The summed E-state index contributed by atoms with van der Waals surface area (Å²) in [4.78, 5) is 14.1. The third-order valence-corrected chi connectivity index (χ3v) is 4.61. The lowest BCUT2D eigenvalue weighted by molar-refractivity contribution is 0.0816. The topological polar surface area (TPSA) is 20.3 Å². The Hall–Kier alpha value is -0.540. The van der Waals surface area contributed by atoms with Gasteiger partial charge in [0.05, 0.1) is 6.54 Å². The molecule has 1 amide bonds. The van der Waals surface area contributed by atoms with Crippen molar-refractivity contribution in [3.63, 3.8) is 0 Å². The quantitative estimate of drug-likeness (QED) is 0.605. The normalized spacial score (nSPS) is 9.57. The number of hydrogen-bond donors (Lipinski definition) is 0. The maximum Gasteiger partial charge on any atom is 0.265 e. The number of aryl methyl sites for hydroxylation is 1. The molecule has 1 heterocycles. The van der Waals surface area contributed by atoms with Gasteiger partial charge in [-0.25, -0.2) is 0 Å². The van der Waals surface area contributed by atoms with E-state index in [9.17, 15) is 4.79 Å². The van der Waals surface area contributed by atoms with E-state index in [1.165, 1.54) is 11.3 Å². The third kappa shape index (κ3) is 2.28. The van der Waals surface area contributed by atoms with Crippen LogP contribution in [0.2, 0.25) is 0 Å². The summed E-state index contributed by atoms with van der Waals surface area (Å²) in [6.45, 7) is 2.35. The number of amides is 1. The summed E-state index contributed by atoms with van der Waals surface area (Å²) >= 11 is 3.66.